The number of carbonyl (C=O) groups is 1. The van der Waals surface area contributed by atoms with Gasteiger partial charge in [-0.1, -0.05) is 11.6 Å². The molecular weight excluding hydrogens is 292 g/mol. The number of methoxy groups -OCH3 is 1. The Morgan fingerprint density at radius 1 is 1.48 bits per heavy atom. The number of phenols is 1. The van der Waals surface area contributed by atoms with Crippen LogP contribution in [-0.2, 0) is 11.3 Å². The van der Waals surface area contributed by atoms with Crippen LogP contribution in [0.2, 0.25) is 5.02 Å². The van der Waals surface area contributed by atoms with Gasteiger partial charge in [-0.15, -0.1) is 0 Å². The van der Waals surface area contributed by atoms with E-state index in [2.05, 4.69) is 10.2 Å². The normalized spacial score (nSPS) is 16.7. The quantitative estimate of drug-likeness (QED) is 0.894. The molecule has 1 heterocycles. The average Bonchev–Trinajstić information content (AvgIpc) is 2.44. The van der Waals surface area contributed by atoms with Gasteiger partial charge in [-0.3, -0.25) is 9.69 Å². The number of amides is 1. The van der Waals surface area contributed by atoms with Gasteiger partial charge in [0.1, 0.15) is 0 Å². The van der Waals surface area contributed by atoms with Crippen molar-refractivity contribution in [2.45, 2.75) is 32.4 Å². The zero-order chi connectivity index (χ0) is 15.4. The molecule has 0 radical (unpaired) electrons. The lowest BCUT2D eigenvalue weighted by Crippen LogP contribution is -2.43. The van der Waals surface area contributed by atoms with Crippen LogP contribution in [0.4, 0.5) is 0 Å². The number of nitrogens with one attached hydrogen (secondary N) is 1. The molecule has 116 valence electrons. The number of piperidine rings is 1. The predicted octanol–water partition coefficient (Wildman–Crippen LogP) is 2.15. The maximum absolute atomic E-state index is 11.0. The summed E-state index contributed by atoms with van der Waals surface area (Å²) in [5.41, 5.74) is 1.01. The fourth-order valence-electron chi connectivity index (χ4n) is 2.66. The lowest BCUT2D eigenvalue weighted by Gasteiger charge is -2.32. The summed E-state index contributed by atoms with van der Waals surface area (Å²) in [7, 11) is 1.51. The van der Waals surface area contributed by atoms with E-state index in [0.29, 0.717) is 10.8 Å². The Morgan fingerprint density at radius 2 is 2.14 bits per heavy atom. The van der Waals surface area contributed by atoms with Gasteiger partial charge in [0.2, 0.25) is 5.91 Å². The number of halogens is 1. The van der Waals surface area contributed by atoms with E-state index >= 15 is 0 Å². The van der Waals surface area contributed by atoms with Crippen LogP contribution >= 0.6 is 11.6 Å². The van der Waals surface area contributed by atoms with Gasteiger partial charge in [-0.25, -0.2) is 0 Å². The summed E-state index contributed by atoms with van der Waals surface area (Å²) >= 11 is 6.00. The minimum Gasteiger partial charge on any atom is -0.503 e. The van der Waals surface area contributed by atoms with E-state index in [1.807, 2.05) is 0 Å². The van der Waals surface area contributed by atoms with Crippen LogP contribution in [0.15, 0.2) is 12.1 Å². The summed E-state index contributed by atoms with van der Waals surface area (Å²) < 4.78 is 5.12. The molecule has 0 aromatic heterocycles. The van der Waals surface area contributed by atoms with Crippen LogP contribution in [-0.4, -0.2) is 42.2 Å². The molecule has 1 aliphatic heterocycles. The summed E-state index contributed by atoms with van der Waals surface area (Å²) in [4.78, 5) is 13.4. The van der Waals surface area contributed by atoms with E-state index in [4.69, 9.17) is 16.3 Å². The molecule has 2 N–H and O–H groups in total. The molecule has 21 heavy (non-hydrogen) atoms. The first-order valence-electron chi connectivity index (χ1n) is 7.04. The van der Waals surface area contributed by atoms with Gasteiger partial charge in [0.15, 0.2) is 11.5 Å². The third-order valence-corrected chi connectivity index (χ3v) is 4.00. The SMILES string of the molecule is COc1cc(CN2CCC(NC(C)=O)CC2)cc(Cl)c1O. The second-order valence-electron chi connectivity index (χ2n) is 5.38. The molecular formula is C15H21ClN2O3. The molecule has 1 amide bonds. The minimum atomic E-state index is -0.0210. The Kier molecular flexibility index (Phi) is 5.31. The van der Waals surface area contributed by atoms with Crippen molar-refractivity contribution < 1.29 is 14.6 Å². The maximum atomic E-state index is 11.0. The Hall–Kier alpha value is -1.46. The Balaban J connectivity index is 1.94. The lowest BCUT2D eigenvalue weighted by atomic mass is 10.0. The van der Waals surface area contributed by atoms with Crippen molar-refractivity contribution >= 4 is 17.5 Å². The molecule has 0 atom stereocenters. The second-order valence-corrected chi connectivity index (χ2v) is 5.79. The number of hydrogen-bond donors (Lipinski definition) is 2. The van der Waals surface area contributed by atoms with Crippen LogP contribution in [0, 0.1) is 0 Å². The van der Waals surface area contributed by atoms with Crippen molar-refractivity contribution in [1.29, 1.82) is 0 Å². The van der Waals surface area contributed by atoms with Crippen molar-refractivity contribution in [3.05, 3.63) is 22.7 Å². The summed E-state index contributed by atoms with van der Waals surface area (Å²) in [5, 5.41) is 13.0. The molecule has 5 nitrogen and oxygen atoms in total. The summed E-state index contributed by atoms with van der Waals surface area (Å²) in [6, 6.07) is 3.84. The van der Waals surface area contributed by atoms with Gasteiger partial charge in [0.25, 0.3) is 0 Å². The molecule has 1 aromatic rings. The van der Waals surface area contributed by atoms with Crippen molar-refractivity contribution in [2.24, 2.45) is 0 Å². The molecule has 0 aliphatic carbocycles. The lowest BCUT2D eigenvalue weighted by molar-refractivity contribution is -0.119. The fourth-order valence-corrected chi connectivity index (χ4v) is 2.89. The minimum absolute atomic E-state index is 0.0210. The molecule has 1 fully saturated rings. The van der Waals surface area contributed by atoms with Crippen LogP contribution in [0.5, 0.6) is 11.5 Å². The van der Waals surface area contributed by atoms with Crippen molar-refractivity contribution in [3.63, 3.8) is 0 Å². The number of ether oxygens (including phenoxy) is 1. The van der Waals surface area contributed by atoms with Crippen molar-refractivity contribution in [3.8, 4) is 11.5 Å². The second kappa shape index (κ2) is 7.00. The van der Waals surface area contributed by atoms with Crippen LogP contribution in [0.3, 0.4) is 0 Å². The number of rotatable bonds is 4. The first kappa shape index (κ1) is 15.9. The highest BCUT2D eigenvalue weighted by Crippen LogP contribution is 2.35. The molecule has 0 saturated carbocycles. The molecule has 0 bridgehead atoms. The van der Waals surface area contributed by atoms with Crippen LogP contribution in [0.1, 0.15) is 25.3 Å². The van der Waals surface area contributed by atoms with Crippen LogP contribution < -0.4 is 10.1 Å². The first-order valence-corrected chi connectivity index (χ1v) is 7.42. The number of hydrogen-bond acceptors (Lipinski definition) is 4. The highest BCUT2D eigenvalue weighted by molar-refractivity contribution is 6.32. The molecule has 1 aliphatic rings. The molecule has 1 saturated heterocycles. The average molecular weight is 313 g/mol. The van der Waals surface area contributed by atoms with Crippen molar-refractivity contribution in [1.82, 2.24) is 10.2 Å². The van der Waals surface area contributed by atoms with Gasteiger partial charge in [0.05, 0.1) is 12.1 Å². The van der Waals surface area contributed by atoms with Crippen LogP contribution in [0.25, 0.3) is 0 Å². The molecule has 2 rings (SSSR count). The monoisotopic (exact) mass is 312 g/mol. The third-order valence-electron chi connectivity index (χ3n) is 3.71. The van der Waals surface area contributed by atoms with Gasteiger partial charge in [-0.2, -0.15) is 0 Å². The summed E-state index contributed by atoms with van der Waals surface area (Å²) in [6.45, 7) is 4.15. The molecule has 0 spiro atoms. The van der Waals surface area contributed by atoms with E-state index in [1.165, 1.54) is 7.11 Å². The van der Waals surface area contributed by atoms with E-state index in [1.54, 1.807) is 19.1 Å². The molecule has 6 heteroatoms. The largest absolute Gasteiger partial charge is 0.503 e. The zero-order valence-electron chi connectivity index (χ0n) is 12.4. The molecule has 1 aromatic carbocycles. The van der Waals surface area contributed by atoms with E-state index < -0.39 is 0 Å². The van der Waals surface area contributed by atoms with Gasteiger partial charge < -0.3 is 15.2 Å². The fraction of sp³-hybridized carbons (Fsp3) is 0.533. The zero-order valence-corrected chi connectivity index (χ0v) is 13.1. The number of aromatic hydroxyl groups is 1. The van der Waals surface area contributed by atoms with E-state index in [-0.39, 0.29) is 17.7 Å². The standard InChI is InChI=1S/C15H21ClN2O3/c1-10(19)17-12-3-5-18(6-4-12)9-11-7-13(16)15(20)14(8-11)21-2/h7-8,12,20H,3-6,9H2,1-2H3,(H,17,19). The topological polar surface area (TPSA) is 61.8 Å². The Morgan fingerprint density at radius 3 is 2.71 bits per heavy atom. The first-order chi connectivity index (χ1) is 9.99. The third kappa shape index (κ3) is 4.25. The molecule has 0 unspecified atom stereocenters. The number of nitrogens with zero attached hydrogens (tertiary/aromatic N) is 1. The maximum Gasteiger partial charge on any atom is 0.217 e. The number of likely N-dealkylation sites (tertiary alicyclic amines) is 1. The number of benzene rings is 1. The highest BCUT2D eigenvalue weighted by atomic mass is 35.5. The Bertz CT molecular complexity index is 514. The van der Waals surface area contributed by atoms with Crippen molar-refractivity contribution in [2.75, 3.05) is 20.2 Å². The smallest absolute Gasteiger partial charge is 0.217 e. The van der Waals surface area contributed by atoms with Gasteiger partial charge in [0, 0.05) is 32.6 Å². The number of phenolic OH excluding ortho intramolecular Hbond substituents is 1. The van der Waals surface area contributed by atoms with Gasteiger partial charge >= 0.3 is 0 Å². The summed E-state index contributed by atoms with van der Waals surface area (Å²) in [5.74, 6) is 0.404. The highest BCUT2D eigenvalue weighted by Gasteiger charge is 2.20. The van der Waals surface area contributed by atoms with Gasteiger partial charge in [-0.05, 0) is 30.5 Å². The van der Waals surface area contributed by atoms with E-state index in [0.717, 1.165) is 38.0 Å². The number of carbonyl (C=O) groups excluding carboxylic acids is 1. The Labute approximate surface area is 129 Å². The summed E-state index contributed by atoms with van der Waals surface area (Å²) in [6.07, 6.45) is 1.89. The van der Waals surface area contributed by atoms with E-state index in [9.17, 15) is 9.90 Å². The predicted molar refractivity (Wildman–Crippen MR) is 81.8 cm³/mol.